The third-order valence-corrected chi connectivity index (χ3v) is 3.49. The Kier molecular flexibility index (Phi) is 2.62. The summed E-state index contributed by atoms with van der Waals surface area (Å²) < 4.78 is 14.9. The Morgan fingerprint density at radius 3 is 2.64 bits per heavy atom. The first kappa shape index (κ1) is 10.1. The molecule has 0 spiro atoms. The lowest BCUT2D eigenvalue weighted by atomic mass is 9.74. The fourth-order valence-electron chi connectivity index (χ4n) is 2.01. The van der Waals surface area contributed by atoms with Crippen LogP contribution in [0.15, 0.2) is 28.7 Å². The number of benzene rings is 1. The Morgan fingerprint density at radius 2 is 2.07 bits per heavy atom. The molecule has 0 heterocycles. The maximum Gasteiger partial charge on any atom is 0.118 e. The molecular formula is C11H13BrFN. The fraction of sp³-hybridized carbons (Fsp3) is 0.455. The van der Waals surface area contributed by atoms with Crippen LogP contribution in [0.2, 0.25) is 0 Å². The van der Waals surface area contributed by atoms with E-state index >= 15 is 0 Å². The van der Waals surface area contributed by atoms with Crippen LogP contribution in [0, 0.1) is 0 Å². The van der Waals surface area contributed by atoms with Crippen LogP contribution in [0.3, 0.4) is 0 Å². The SMILES string of the molecule is NC1CC(F)(Cc2ccccc2Br)C1. The van der Waals surface area contributed by atoms with E-state index in [2.05, 4.69) is 15.9 Å². The number of hydrogen-bond donors (Lipinski definition) is 1. The molecular weight excluding hydrogens is 245 g/mol. The van der Waals surface area contributed by atoms with Crippen LogP contribution < -0.4 is 5.73 Å². The molecule has 0 saturated heterocycles. The van der Waals surface area contributed by atoms with Gasteiger partial charge in [0.1, 0.15) is 5.67 Å². The first-order valence-electron chi connectivity index (χ1n) is 4.77. The van der Waals surface area contributed by atoms with E-state index in [1.165, 1.54) is 0 Å². The summed E-state index contributed by atoms with van der Waals surface area (Å²) in [4.78, 5) is 0. The molecule has 1 aromatic carbocycles. The largest absolute Gasteiger partial charge is 0.327 e. The zero-order valence-electron chi connectivity index (χ0n) is 7.84. The molecule has 0 aliphatic heterocycles. The molecule has 0 radical (unpaired) electrons. The minimum absolute atomic E-state index is 0.0579. The topological polar surface area (TPSA) is 26.0 Å². The maximum atomic E-state index is 13.9. The average Bonchev–Trinajstić information content (AvgIpc) is 2.06. The van der Waals surface area contributed by atoms with Crippen LogP contribution >= 0.6 is 15.9 Å². The first-order valence-corrected chi connectivity index (χ1v) is 5.56. The van der Waals surface area contributed by atoms with Crippen molar-refractivity contribution in [3.63, 3.8) is 0 Å². The van der Waals surface area contributed by atoms with E-state index in [4.69, 9.17) is 5.73 Å². The fourth-order valence-corrected chi connectivity index (χ4v) is 2.43. The van der Waals surface area contributed by atoms with Gasteiger partial charge in [0.05, 0.1) is 0 Å². The summed E-state index contributed by atoms with van der Waals surface area (Å²) in [5.41, 5.74) is 5.56. The van der Waals surface area contributed by atoms with Crippen molar-refractivity contribution in [3.8, 4) is 0 Å². The smallest absolute Gasteiger partial charge is 0.118 e. The van der Waals surface area contributed by atoms with Crippen molar-refractivity contribution >= 4 is 15.9 Å². The maximum absolute atomic E-state index is 13.9. The van der Waals surface area contributed by atoms with E-state index < -0.39 is 5.67 Å². The number of rotatable bonds is 2. The molecule has 1 nitrogen and oxygen atoms in total. The average molecular weight is 258 g/mol. The Balaban J connectivity index is 2.08. The summed E-state index contributed by atoms with van der Waals surface area (Å²) in [6.45, 7) is 0. The predicted molar refractivity (Wildman–Crippen MR) is 58.9 cm³/mol. The van der Waals surface area contributed by atoms with Gasteiger partial charge in [-0.25, -0.2) is 4.39 Å². The van der Waals surface area contributed by atoms with Crippen LogP contribution in [-0.2, 0) is 6.42 Å². The molecule has 1 aliphatic carbocycles. The normalized spacial score (nSPS) is 31.2. The molecule has 1 fully saturated rings. The molecule has 1 aliphatic rings. The summed E-state index contributed by atoms with van der Waals surface area (Å²) in [5, 5.41) is 0. The minimum Gasteiger partial charge on any atom is -0.327 e. The molecule has 0 amide bonds. The highest BCUT2D eigenvalue weighted by atomic mass is 79.9. The van der Waals surface area contributed by atoms with Gasteiger partial charge in [0, 0.05) is 16.9 Å². The summed E-state index contributed by atoms with van der Waals surface area (Å²) in [5.74, 6) is 0. The zero-order chi connectivity index (χ0) is 10.2. The molecule has 0 atom stereocenters. The molecule has 76 valence electrons. The van der Waals surface area contributed by atoms with Crippen molar-refractivity contribution in [2.24, 2.45) is 5.73 Å². The van der Waals surface area contributed by atoms with E-state index in [0.29, 0.717) is 19.3 Å². The number of alkyl halides is 1. The van der Waals surface area contributed by atoms with Crippen molar-refractivity contribution in [2.75, 3.05) is 0 Å². The van der Waals surface area contributed by atoms with Gasteiger partial charge in [-0.05, 0) is 24.5 Å². The Morgan fingerprint density at radius 1 is 1.43 bits per heavy atom. The molecule has 1 saturated carbocycles. The summed E-state index contributed by atoms with van der Waals surface area (Å²) in [7, 11) is 0. The highest BCUT2D eigenvalue weighted by Gasteiger charge is 2.43. The Hall–Kier alpha value is -0.410. The first-order chi connectivity index (χ1) is 6.59. The van der Waals surface area contributed by atoms with Gasteiger partial charge in [0.25, 0.3) is 0 Å². The second kappa shape index (κ2) is 3.63. The van der Waals surface area contributed by atoms with Crippen molar-refractivity contribution in [1.82, 2.24) is 0 Å². The van der Waals surface area contributed by atoms with Crippen molar-refractivity contribution in [3.05, 3.63) is 34.3 Å². The van der Waals surface area contributed by atoms with Crippen LogP contribution in [0.5, 0.6) is 0 Å². The monoisotopic (exact) mass is 257 g/mol. The lowest BCUT2D eigenvalue weighted by molar-refractivity contribution is 0.0443. The van der Waals surface area contributed by atoms with E-state index in [-0.39, 0.29) is 6.04 Å². The van der Waals surface area contributed by atoms with Gasteiger partial charge >= 0.3 is 0 Å². The van der Waals surface area contributed by atoms with Gasteiger partial charge < -0.3 is 5.73 Å². The van der Waals surface area contributed by atoms with E-state index in [0.717, 1.165) is 10.0 Å². The summed E-state index contributed by atoms with van der Waals surface area (Å²) in [6, 6.07) is 7.82. The molecule has 14 heavy (non-hydrogen) atoms. The number of nitrogens with two attached hydrogens (primary N) is 1. The highest BCUT2D eigenvalue weighted by molar-refractivity contribution is 9.10. The van der Waals surface area contributed by atoms with Gasteiger partial charge in [0.2, 0.25) is 0 Å². The third kappa shape index (κ3) is 1.98. The number of hydrogen-bond acceptors (Lipinski definition) is 1. The summed E-state index contributed by atoms with van der Waals surface area (Å²) in [6.07, 6.45) is 1.46. The van der Waals surface area contributed by atoms with Gasteiger partial charge in [-0.15, -0.1) is 0 Å². The predicted octanol–water partition coefficient (Wildman–Crippen LogP) is 2.82. The lowest BCUT2D eigenvalue weighted by Gasteiger charge is -2.39. The second-order valence-corrected chi connectivity index (χ2v) is 4.94. The Bertz CT molecular complexity index is 334. The van der Waals surface area contributed by atoms with E-state index in [1.54, 1.807) is 0 Å². The Labute approximate surface area is 91.6 Å². The van der Waals surface area contributed by atoms with Gasteiger partial charge in [0.15, 0.2) is 0 Å². The van der Waals surface area contributed by atoms with Crippen LogP contribution in [-0.4, -0.2) is 11.7 Å². The molecule has 2 rings (SSSR count). The molecule has 3 heteroatoms. The summed E-state index contributed by atoms with van der Waals surface area (Å²) >= 11 is 3.42. The number of halogens is 2. The van der Waals surface area contributed by atoms with Gasteiger partial charge in [-0.3, -0.25) is 0 Å². The standard InChI is InChI=1S/C11H13BrFN/c12-10-4-2-1-3-8(10)5-11(13)6-9(14)7-11/h1-4,9H,5-7,14H2. The molecule has 0 bridgehead atoms. The molecule has 0 unspecified atom stereocenters. The lowest BCUT2D eigenvalue weighted by Crippen LogP contribution is -2.49. The van der Waals surface area contributed by atoms with Crippen molar-refractivity contribution in [1.29, 1.82) is 0 Å². The zero-order valence-corrected chi connectivity index (χ0v) is 9.43. The second-order valence-electron chi connectivity index (χ2n) is 4.09. The van der Waals surface area contributed by atoms with Crippen molar-refractivity contribution < 1.29 is 4.39 Å². The quantitative estimate of drug-likeness (QED) is 0.867. The van der Waals surface area contributed by atoms with Crippen LogP contribution in [0.25, 0.3) is 0 Å². The highest BCUT2D eigenvalue weighted by Crippen LogP contribution is 2.39. The van der Waals surface area contributed by atoms with Crippen LogP contribution in [0.1, 0.15) is 18.4 Å². The minimum atomic E-state index is -1.07. The molecule has 0 aromatic heterocycles. The third-order valence-electron chi connectivity index (χ3n) is 2.72. The van der Waals surface area contributed by atoms with Gasteiger partial charge in [-0.1, -0.05) is 34.1 Å². The van der Waals surface area contributed by atoms with E-state index in [9.17, 15) is 4.39 Å². The van der Waals surface area contributed by atoms with Gasteiger partial charge in [-0.2, -0.15) is 0 Å². The molecule has 1 aromatic rings. The van der Waals surface area contributed by atoms with E-state index in [1.807, 2.05) is 24.3 Å². The van der Waals surface area contributed by atoms with Crippen molar-refractivity contribution in [2.45, 2.75) is 31.0 Å². The molecule has 2 N–H and O–H groups in total. The van der Waals surface area contributed by atoms with Crippen LogP contribution in [0.4, 0.5) is 4.39 Å².